The summed E-state index contributed by atoms with van der Waals surface area (Å²) < 4.78 is 5.56. The second kappa shape index (κ2) is 11.7. The van der Waals surface area contributed by atoms with Gasteiger partial charge in [-0.2, -0.15) is 12.6 Å². The van der Waals surface area contributed by atoms with Gasteiger partial charge in [0.15, 0.2) is 0 Å². The van der Waals surface area contributed by atoms with Gasteiger partial charge in [0.05, 0.1) is 0 Å². The molecule has 0 aliphatic carbocycles. The van der Waals surface area contributed by atoms with Gasteiger partial charge in [0.2, 0.25) is 0 Å². The number of hydrogen-bond acceptors (Lipinski definition) is 3. The lowest BCUT2D eigenvalue weighted by atomic mass is 10.2. The SMILES string of the molecule is CC(C)CNCCCOCCCCC(C)S. The van der Waals surface area contributed by atoms with E-state index in [0.717, 1.165) is 38.6 Å². The summed E-state index contributed by atoms with van der Waals surface area (Å²) in [4.78, 5) is 0. The molecule has 0 aliphatic rings. The minimum atomic E-state index is 0.528. The lowest BCUT2D eigenvalue weighted by molar-refractivity contribution is 0.127. The number of hydrogen-bond donors (Lipinski definition) is 2. The van der Waals surface area contributed by atoms with Crippen molar-refractivity contribution in [3.8, 4) is 0 Å². The zero-order chi connectivity index (χ0) is 12.2. The van der Waals surface area contributed by atoms with Gasteiger partial charge < -0.3 is 10.1 Å². The first kappa shape index (κ1) is 16.3. The first-order valence-corrected chi connectivity index (χ1v) is 7.11. The zero-order valence-electron chi connectivity index (χ0n) is 11.2. The van der Waals surface area contributed by atoms with Gasteiger partial charge in [-0.15, -0.1) is 0 Å². The van der Waals surface area contributed by atoms with E-state index in [0.29, 0.717) is 5.25 Å². The fourth-order valence-corrected chi connectivity index (χ4v) is 1.62. The van der Waals surface area contributed by atoms with Gasteiger partial charge in [0.25, 0.3) is 0 Å². The predicted octanol–water partition coefficient (Wildman–Crippen LogP) is 3.13. The highest BCUT2D eigenvalue weighted by Crippen LogP contribution is 2.05. The highest BCUT2D eigenvalue weighted by atomic mass is 32.1. The molecule has 0 amide bonds. The molecular formula is C13H29NOS. The van der Waals surface area contributed by atoms with Crippen LogP contribution in [0.4, 0.5) is 0 Å². The van der Waals surface area contributed by atoms with Gasteiger partial charge in [-0.1, -0.05) is 27.2 Å². The molecule has 0 saturated carbocycles. The first-order valence-electron chi connectivity index (χ1n) is 6.59. The third kappa shape index (κ3) is 14.3. The normalized spacial score (nSPS) is 13.3. The van der Waals surface area contributed by atoms with Crippen LogP contribution in [0, 0.1) is 5.92 Å². The maximum absolute atomic E-state index is 5.56. The summed E-state index contributed by atoms with van der Waals surface area (Å²) in [5.41, 5.74) is 0. The molecule has 2 nitrogen and oxygen atoms in total. The lowest BCUT2D eigenvalue weighted by Gasteiger charge is -2.08. The molecule has 98 valence electrons. The summed E-state index contributed by atoms with van der Waals surface area (Å²) in [7, 11) is 0. The van der Waals surface area contributed by atoms with E-state index in [1.54, 1.807) is 0 Å². The van der Waals surface area contributed by atoms with Crippen molar-refractivity contribution in [1.82, 2.24) is 5.32 Å². The molecule has 0 bridgehead atoms. The Bertz CT molecular complexity index is 124. The van der Waals surface area contributed by atoms with Crippen molar-refractivity contribution >= 4 is 12.6 Å². The van der Waals surface area contributed by atoms with Crippen molar-refractivity contribution in [3.63, 3.8) is 0 Å². The number of thiol groups is 1. The van der Waals surface area contributed by atoms with E-state index < -0.39 is 0 Å². The Hall–Kier alpha value is 0.270. The van der Waals surface area contributed by atoms with Crippen LogP contribution in [-0.2, 0) is 4.74 Å². The van der Waals surface area contributed by atoms with E-state index in [2.05, 4.69) is 38.7 Å². The van der Waals surface area contributed by atoms with E-state index in [9.17, 15) is 0 Å². The first-order chi connectivity index (χ1) is 7.63. The summed E-state index contributed by atoms with van der Waals surface area (Å²) in [5, 5.41) is 3.94. The highest BCUT2D eigenvalue weighted by molar-refractivity contribution is 7.80. The Morgan fingerprint density at radius 3 is 2.38 bits per heavy atom. The van der Waals surface area contributed by atoms with Gasteiger partial charge in [0, 0.05) is 13.2 Å². The van der Waals surface area contributed by atoms with Crippen LogP contribution < -0.4 is 5.32 Å². The number of nitrogens with one attached hydrogen (secondary N) is 1. The Labute approximate surface area is 107 Å². The minimum absolute atomic E-state index is 0.528. The molecule has 0 aromatic rings. The van der Waals surface area contributed by atoms with Crippen molar-refractivity contribution < 1.29 is 4.74 Å². The Kier molecular flexibility index (Phi) is 11.9. The van der Waals surface area contributed by atoms with E-state index >= 15 is 0 Å². The molecule has 1 N–H and O–H groups in total. The molecule has 0 rings (SSSR count). The van der Waals surface area contributed by atoms with Gasteiger partial charge in [0.1, 0.15) is 0 Å². The van der Waals surface area contributed by atoms with Gasteiger partial charge >= 0.3 is 0 Å². The summed E-state index contributed by atoms with van der Waals surface area (Å²) in [6.45, 7) is 10.6. The summed E-state index contributed by atoms with van der Waals surface area (Å²) in [5.74, 6) is 0.740. The molecule has 1 atom stereocenters. The van der Waals surface area contributed by atoms with Gasteiger partial charge in [-0.25, -0.2) is 0 Å². The molecular weight excluding hydrogens is 218 g/mol. The van der Waals surface area contributed by atoms with Crippen LogP contribution in [-0.4, -0.2) is 31.6 Å². The minimum Gasteiger partial charge on any atom is -0.381 e. The molecule has 0 heterocycles. The van der Waals surface area contributed by atoms with E-state index in [1.165, 1.54) is 19.3 Å². The van der Waals surface area contributed by atoms with Crippen molar-refractivity contribution in [2.75, 3.05) is 26.3 Å². The fraction of sp³-hybridized carbons (Fsp3) is 1.00. The van der Waals surface area contributed by atoms with Crippen LogP contribution >= 0.6 is 12.6 Å². The average molecular weight is 247 g/mol. The topological polar surface area (TPSA) is 21.3 Å². The quantitative estimate of drug-likeness (QED) is 0.432. The van der Waals surface area contributed by atoms with Gasteiger partial charge in [-0.05, 0) is 43.5 Å². The van der Waals surface area contributed by atoms with Crippen molar-refractivity contribution in [2.24, 2.45) is 5.92 Å². The van der Waals surface area contributed by atoms with Gasteiger partial charge in [-0.3, -0.25) is 0 Å². The molecule has 0 saturated heterocycles. The maximum atomic E-state index is 5.56. The average Bonchev–Trinajstić information content (AvgIpc) is 2.20. The maximum Gasteiger partial charge on any atom is 0.0478 e. The van der Waals surface area contributed by atoms with Crippen LogP contribution in [0.5, 0.6) is 0 Å². The summed E-state index contributed by atoms with van der Waals surface area (Å²) in [6.07, 6.45) is 4.72. The molecule has 0 aromatic heterocycles. The van der Waals surface area contributed by atoms with E-state index in [1.807, 2.05) is 0 Å². The predicted molar refractivity (Wildman–Crippen MR) is 75.4 cm³/mol. The van der Waals surface area contributed by atoms with Crippen molar-refractivity contribution in [2.45, 2.75) is 51.7 Å². The van der Waals surface area contributed by atoms with Crippen molar-refractivity contribution in [1.29, 1.82) is 0 Å². The van der Waals surface area contributed by atoms with Crippen molar-refractivity contribution in [3.05, 3.63) is 0 Å². The molecule has 0 aromatic carbocycles. The molecule has 3 heteroatoms. The standard InChI is InChI=1S/C13H29NOS/c1-12(2)11-14-8-6-10-15-9-5-4-7-13(3)16/h12-14,16H,4-11H2,1-3H3. The van der Waals surface area contributed by atoms with Crippen LogP contribution in [0.1, 0.15) is 46.5 Å². The second-order valence-corrected chi connectivity index (χ2v) is 5.79. The van der Waals surface area contributed by atoms with Crippen LogP contribution in [0.3, 0.4) is 0 Å². The number of unbranched alkanes of at least 4 members (excludes halogenated alkanes) is 1. The summed E-state index contributed by atoms with van der Waals surface area (Å²) in [6, 6.07) is 0. The highest BCUT2D eigenvalue weighted by Gasteiger charge is 1.95. The Morgan fingerprint density at radius 2 is 1.75 bits per heavy atom. The second-order valence-electron chi connectivity index (χ2n) is 4.91. The van der Waals surface area contributed by atoms with Crippen LogP contribution in [0.2, 0.25) is 0 Å². The molecule has 0 fully saturated rings. The zero-order valence-corrected chi connectivity index (χ0v) is 12.1. The third-order valence-corrected chi connectivity index (χ3v) is 2.61. The number of ether oxygens (including phenoxy) is 1. The molecule has 0 spiro atoms. The summed E-state index contributed by atoms with van der Waals surface area (Å²) >= 11 is 4.35. The van der Waals surface area contributed by atoms with E-state index in [-0.39, 0.29) is 0 Å². The lowest BCUT2D eigenvalue weighted by Crippen LogP contribution is -2.21. The number of rotatable bonds is 11. The molecule has 16 heavy (non-hydrogen) atoms. The van der Waals surface area contributed by atoms with E-state index in [4.69, 9.17) is 4.74 Å². The molecule has 1 unspecified atom stereocenters. The molecule has 0 radical (unpaired) electrons. The Morgan fingerprint density at radius 1 is 1.06 bits per heavy atom. The smallest absolute Gasteiger partial charge is 0.0478 e. The van der Waals surface area contributed by atoms with Crippen LogP contribution in [0.15, 0.2) is 0 Å². The largest absolute Gasteiger partial charge is 0.381 e. The van der Waals surface area contributed by atoms with Crippen LogP contribution in [0.25, 0.3) is 0 Å². The Balaban J connectivity index is 2.93. The fourth-order valence-electron chi connectivity index (χ4n) is 1.44. The monoisotopic (exact) mass is 247 g/mol. The molecule has 0 aliphatic heterocycles. The third-order valence-electron chi connectivity index (χ3n) is 2.36.